The van der Waals surface area contributed by atoms with Gasteiger partial charge in [-0.05, 0) is 13.0 Å². The summed E-state index contributed by atoms with van der Waals surface area (Å²) in [5.74, 6) is 0.118. The van der Waals surface area contributed by atoms with Gasteiger partial charge in [0, 0.05) is 16.5 Å². The number of nitro groups is 1. The minimum absolute atomic E-state index is 0.118. The molecule has 2 aromatic rings. The van der Waals surface area contributed by atoms with Crippen LogP contribution in [0.3, 0.4) is 0 Å². The zero-order valence-electron chi connectivity index (χ0n) is 9.66. The average molecular weight is 235 g/mol. The van der Waals surface area contributed by atoms with Gasteiger partial charge in [0.25, 0.3) is 0 Å². The zero-order chi connectivity index (χ0) is 12.8. The summed E-state index contributed by atoms with van der Waals surface area (Å²) < 4.78 is 1.67. The van der Waals surface area contributed by atoms with Gasteiger partial charge in [-0.1, -0.05) is 18.2 Å². The van der Waals surface area contributed by atoms with E-state index in [2.05, 4.69) is 5.10 Å². The van der Waals surface area contributed by atoms with Gasteiger partial charge in [-0.15, -0.1) is 0 Å². The number of nitrogens with zero attached hydrogens (tertiary/aromatic N) is 3. The molecule has 0 saturated heterocycles. The normalized spacial score (nSPS) is 9.53. The SMILES string of the molecule is CC(=O)Cn1cc2ccccc2n1.C[N+](=O)[O-]. The topological polar surface area (TPSA) is 78.0 Å². The highest BCUT2D eigenvalue weighted by Crippen LogP contribution is 2.10. The Kier molecular flexibility index (Phi) is 4.33. The Balaban J connectivity index is 0.000000317. The zero-order valence-corrected chi connectivity index (χ0v) is 9.66. The van der Waals surface area contributed by atoms with Gasteiger partial charge in [0.1, 0.15) is 0 Å². The van der Waals surface area contributed by atoms with Crippen LogP contribution in [0.4, 0.5) is 0 Å². The molecule has 0 aliphatic heterocycles. The Morgan fingerprint density at radius 3 is 2.59 bits per heavy atom. The Bertz CT molecular complexity index is 496. The number of ketones is 1. The van der Waals surface area contributed by atoms with Crippen LogP contribution in [0.25, 0.3) is 10.9 Å². The molecule has 0 aliphatic rings. The first-order valence-electron chi connectivity index (χ1n) is 4.98. The summed E-state index contributed by atoms with van der Waals surface area (Å²) in [5.41, 5.74) is 0.934. The van der Waals surface area contributed by atoms with Gasteiger partial charge in [0.15, 0.2) is 12.8 Å². The van der Waals surface area contributed by atoms with Gasteiger partial charge in [-0.2, -0.15) is 5.10 Å². The van der Waals surface area contributed by atoms with E-state index in [0.29, 0.717) is 6.54 Å². The van der Waals surface area contributed by atoms with Gasteiger partial charge >= 0.3 is 0 Å². The van der Waals surface area contributed by atoms with Gasteiger partial charge in [-0.3, -0.25) is 19.6 Å². The van der Waals surface area contributed by atoms with Crippen LogP contribution >= 0.6 is 0 Å². The predicted molar refractivity (Wildman–Crippen MR) is 63.3 cm³/mol. The second-order valence-electron chi connectivity index (χ2n) is 3.53. The van der Waals surface area contributed by atoms with Gasteiger partial charge in [0.2, 0.25) is 0 Å². The maximum Gasteiger partial charge on any atom is 0.194 e. The van der Waals surface area contributed by atoms with Crippen LogP contribution in [0, 0.1) is 10.1 Å². The van der Waals surface area contributed by atoms with E-state index in [0.717, 1.165) is 18.0 Å². The molecule has 6 heteroatoms. The molecule has 0 unspecified atom stereocenters. The number of hydrogen-bond acceptors (Lipinski definition) is 4. The van der Waals surface area contributed by atoms with E-state index < -0.39 is 4.92 Å². The third-order valence-corrected chi connectivity index (χ3v) is 1.85. The summed E-state index contributed by atoms with van der Waals surface area (Å²) in [4.78, 5) is 19.1. The molecular formula is C11H13N3O3. The fourth-order valence-corrected chi connectivity index (χ4v) is 1.32. The molecule has 17 heavy (non-hydrogen) atoms. The van der Waals surface area contributed by atoms with Gasteiger partial charge < -0.3 is 0 Å². The monoisotopic (exact) mass is 235 g/mol. The predicted octanol–water partition coefficient (Wildman–Crippen LogP) is 1.52. The van der Waals surface area contributed by atoms with Gasteiger partial charge in [0.05, 0.1) is 12.1 Å². The standard InChI is InChI=1S/C10H10N2O.CH3NO2/c1-8(13)6-12-7-9-4-2-3-5-10(9)11-12;1-2(3)4/h2-5,7H,6H2,1H3;1H3. The largest absolute Gasteiger partial charge is 0.298 e. The molecule has 0 saturated carbocycles. The molecule has 0 aliphatic carbocycles. The molecule has 1 heterocycles. The third-order valence-electron chi connectivity index (χ3n) is 1.85. The second-order valence-corrected chi connectivity index (χ2v) is 3.53. The van der Waals surface area contributed by atoms with Crippen molar-refractivity contribution in [1.29, 1.82) is 0 Å². The molecule has 0 fully saturated rings. The molecule has 1 aromatic carbocycles. The molecule has 0 N–H and O–H groups in total. The molecule has 0 bridgehead atoms. The Labute approximate surface area is 98.0 Å². The molecule has 0 atom stereocenters. The maximum absolute atomic E-state index is 10.8. The maximum atomic E-state index is 10.8. The van der Waals surface area contributed by atoms with E-state index in [-0.39, 0.29) is 5.78 Å². The third kappa shape index (κ3) is 4.42. The minimum Gasteiger partial charge on any atom is -0.298 e. The van der Waals surface area contributed by atoms with Crippen molar-refractivity contribution in [2.45, 2.75) is 13.5 Å². The lowest BCUT2D eigenvalue weighted by molar-refractivity contribution is -0.445. The van der Waals surface area contributed by atoms with Gasteiger partial charge in [-0.25, -0.2) is 0 Å². The van der Waals surface area contributed by atoms with Crippen molar-refractivity contribution in [2.75, 3.05) is 7.05 Å². The lowest BCUT2D eigenvalue weighted by atomic mass is 10.3. The highest BCUT2D eigenvalue weighted by Gasteiger charge is 2.00. The molecule has 2 rings (SSSR count). The number of Topliss-reactive ketones (excluding diaryl/α,β-unsaturated/α-hetero) is 1. The number of hydrogen-bond donors (Lipinski definition) is 0. The molecule has 1 aromatic heterocycles. The molecule has 0 radical (unpaired) electrons. The fraction of sp³-hybridized carbons (Fsp3) is 0.273. The number of rotatable bonds is 2. The molecule has 6 nitrogen and oxygen atoms in total. The average Bonchev–Trinajstić information content (AvgIpc) is 2.57. The van der Waals surface area contributed by atoms with Crippen molar-refractivity contribution in [3.8, 4) is 0 Å². The number of fused-ring (bicyclic) bond motifs is 1. The summed E-state index contributed by atoms with van der Waals surface area (Å²) in [6.07, 6.45) is 1.89. The second kappa shape index (κ2) is 5.74. The van der Waals surface area contributed by atoms with Crippen molar-refractivity contribution < 1.29 is 9.72 Å². The van der Waals surface area contributed by atoms with E-state index in [4.69, 9.17) is 10.1 Å². The fourth-order valence-electron chi connectivity index (χ4n) is 1.32. The highest BCUT2D eigenvalue weighted by molar-refractivity contribution is 5.79. The summed E-state index contributed by atoms with van der Waals surface area (Å²) >= 11 is 0. The quantitative estimate of drug-likeness (QED) is 0.584. The van der Waals surface area contributed by atoms with Crippen molar-refractivity contribution in [3.63, 3.8) is 0 Å². The van der Waals surface area contributed by atoms with E-state index in [1.807, 2.05) is 30.5 Å². The highest BCUT2D eigenvalue weighted by atomic mass is 16.6. The van der Waals surface area contributed by atoms with E-state index in [1.165, 1.54) is 0 Å². The number of carbonyl (C=O) groups excluding carboxylic acids is 1. The van der Waals surface area contributed by atoms with Crippen LogP contribution in [0.2, 0.25) is 0 Å². The minimum atomic E-state index is -0.500. The molecular weight excluding hydrogens is 222 g/mol. The van der Waals surface area contributed by atoms with Crippen molar-refractivity contribution in [2.24, 2.45) is 0 Å². The van der Waals surface area contributed by atoms with E-state index >= 15 is 0 Å². The smallest absolute Gasteiger partial charge is 0.194 e. The van der Waals surface area contributed by atoms with Crippen molar-refractivity contribution in [1.82, 2.24) is 9.78 Å². The van der Waals surface area contributed by atoms with Crippen LogP contribution in [-0.2, 0) is 11.3 Å². The lowest BCUT2D eigenvalue weighted by Crippen LogP contribution is -2.05. The summed E-state index contributed by atoms with van der Waals surface area (Å²) in [6, 6.07) is 7.82. The van der Waals surface area contributed by atoms with Crippen LogP contribution in [0.1, 0.15) is 6.92 Å². The number of carbonyl (C=O) groups is 1. The molecule has 90 valence electrons. The Hall–Kier alpha value is -2.24. The number of aromatic nitrogens is 2. The Morgan fingerprint density at radius 1 is 1.47 bits per heavy atom. The molecule has 0 spiro atoms. The van der Waals surface area contributed by atoms with Crippen molar-refractivity contribution >= 4 is 16.7 Å². The van der Waals surface area contributed by atoms with Crippen LogP contribution < -0.4 is 0 Å². The van der Waals surface area contributed by atoms with Crippen LogP contribution in [0.5, 0.6) is 0 Å². The summed E-state index contributed by atoms with van der Waals surface area (Å²) in [6.45, 7) is 1.92. The van der Waals surface area contributed by atoms with Crippen LogP contribution in [0.15, 0.2) is 30.5 Å². The summed E-state index contributed by atoms with van der Waals surface area (Å²) in [5, 5.41) is 14.1. The van der Waals surface area contributed by atoms with E-state index in [1.54, 1.807) is 11.6 Å². The lowest BCUT2D eigenvalue weighted by Gasteiger charge is -1.93. The first kappa shape index (κ1) is 12.8. The van der Waals surface area contributed by atoms with Crippen LogP contribution in [-0.4, -0.2) is 27.5 Å². The first-order chi connectivity index (χ1) is 7.99. The summed E-state index contributed by atoms with van der Waals surface area (Å²) in [7, 11) is 0.889. The molecule has 0 amide bonds. The van der Waals surface area contributed by atoms with Crippen molar-refractivity contribution in [3.05, 3.63) is 40.6 Å². The number of benzene rings is 1. The van der Waals surface area contributed by atoms with E-state index in [9.17, 15) is 4.79 Å². The first-order valence-corrected chi connectivity index (χ1v) is 4.98. The Morgan fingerprint density at radius 2 is 2.06 bits per heavy atom.